The van der Waals surface area contributed by atoms with Crippen LogP contribution in [0, 0.1) is 5.82 Å². The Hall–Kier alpha value is -3.19. The van der Waals surface area contributed by atoms with Crippen molar-refractivity contribution in [1.82, 2.24) is 4.90 Å². The number of amides is 1. The predicted molar refractivity (Wildman–Crippen MR) is 113 cm³/mol. The first-order chi connectivity index (χ1) is 14.8. The summed E-state index contributed by atoms with van der Waals surface area (Å²) in [6.45, 7) is 3.46. The van der Waals surface area contributed by atoms with Crippen LogP contribution in [0.25, 0.3) is 5.76 Å². The number of likely N-dealkylation sites (N-methyl/N-ethyl adjacent to an activating group) is 1. The van der Waals surface area contributed by atoms with Crippen LogP contribution in [0.5, 0.6) is 5.75 Å². The topological polar surface area (TPSA) is 74.1 Å². The van der Waals surface area contributed by atoms with E-state index < -0.39 is 29.3 Å². The minimum atomic E-state index is -0.844. The lowest BCUT2D eigenvalue weighted by molar-refractivity contribution is -0.857. The first-order valence-corrected chi connectivity index (χ1v) is 10.4. The lowest BCUT2D eigenvalue weighted by Crippen LogP contribution is -3.06. The second kappa shape index (κ2) is 9.75. The molecule has 0 saturated carbocycles. The van der Waals surface area contributed by atoms with E-state index in [9.17, 15) is 19.1 Å². The molecule has 31 heavy (non-hydrogen) atoms. The first kappa shape index (κ1) is 22.5. The molecule has 3 rings (SSSR count). The van der Waals surface area contributed by atoms with Crippen molar-refractivity contribution in [3.8, 4) is 5.75 Å². The molecule has 0 aromatic heterocycles. The van der Waals surface area contributed by atoms with Crippen LogP contribution in [0.1, 0.15) is 30.5 Å². The number of halogens is 1. The monoisotopic (exact) mass is 426 g/mol. The van der Waals surface area contributed by atoms with Crippen molar-refractivity contribution < 1.29 is 28.7 Å². The van der Waals surface area contributed by atoms with E-state index in [1.54, 1.807) is 24.3 Å². The zero-order valence-corrected chi connectivity index (χ0v) is 18.0. The van der Waals surface area contributed by atoms with E-state index in [2.05, 4.69) is 0 Å². The van der Waals surface area contributed by atoms with E-state index in [4.69, 9.17) is 4.74 Å². The molecular weight excluding hydrogens is 399 g/mol. The standard InChI is InChI=1S/C24H27FN2O4/c1-4-15-31-19-11-7-17(8-12-19)22(28)20-21(16-5-9-18(25)10-6-16)27(14-13-26(2)3)24(30)23(20)29/h5-12,21,28H,4,13-15H2,1-3H3. The highest BCUT2D eigenvalue weighted by atomic mass is 19.1. The SMILES string of the molecule is CCCOc1ccc(C([O-])=C2C(=O)C(=O)N(CC[NH+](C)C)C2c2ccc(F)cc2)cc1. The van der Waals surface area contributed by atoms with Crippen molar-refractivity contribution in [1.29, 1.82) is 0 Å². The summed E-state index contributed by atoms with van der Waals surface area (Å²) in [5.41, 5.74) is 0.723. The molecule has 1 amide bonds. The molecule has 1 heterocycles. The van der Waals surface area contributed by atoms with E-state index >= 15 is 0 Å². The molecule has 2 aromatic rings. The van der Waals surface area contributed by atoms with Crippen LogP contribution >= 0.6 is 0 Å². The summed E-state index contributed by atoms with van der Waals surface area (Å²) in [7, 11) is 3.88. The van der Waals surface area contributed by atoms with Crippen molar-refractivity contribution in [3.63, 3.8) is 0 Å². The lowest BCUT2D eigenvalue weighted by atomic mass is 9.95. The summed E-state index contributed by atoms with van der Waals surface area (Å²) in [6, 6.07) is 11.2. The second-order valence-corrected chi connectivity index (χ2v) is 7.85. The van der Waals surface area contributed by atoms with Crippen molar-refractivity contribution in [2.45, 2.75) is 19.4 Å². The number of nitrogens with zero attached hydrogens (tertiary/aromatic N) is 1. The number of nitrogens with one attached hydrogen (secondary N) is 1. The summed E-state index contributed by atoms with van der Waals surface area (Å²) in [4.78, 5) is 28.2. The molecule has 1 unspecified atom stereocenters. The molecule has 1 aliphatic heterocycles. The molecule has 1 N–H and O–H groups in total. The Morgan fingerprint density at radius 3 is 2.32 bits per heavy atom. The van der Waals surface area contributed by atoms with Crippen molar-refractivity contribution >= 4 is 17.4 Å². The number of ether oxygens (including phenoxy) is 1. The van der Waals surface area contributed by atoms with Gasteiger partial charge in [0.15, 0.2) is 0 Å². The highest BCUT2D eigenvalue weighted by Gasteiger charge is 2.44. The highest BCUT2D eigenvalue weighted by molar-refractivity contribution is 6.46. The summed E-state index contributed by atoms with van der Waals surface area (Å²) < 4.78 is 19.0. The number of hydrogen-bond donors (Lipinski definition) is 1. The van der Waals surface area contributed by atoms with E-state index in [1.165, 1.54) is 29.2 Å². The number of hydrogen-bond acceptors (Lipinski definition) is 4. The third-order valence-corrected chi connectivity index (χ3v) is 5.16. The van der Waals surface area contributed by atoms with Crippen molar-refractivity contribution in [2.75, 3.05) is 33.8 Å². The fourth-order valence-corrected chi connectivity index (χ4v) is 3.51. The maximum Gasteiger partial charge on any atom is 0.295 e. The van der Waals surface area contributed by atoms with Crippen LogP contribution in [0.3, 0.4) is 0 Å². The molecule has 1 atom stereocenters. The Bertz CT molecular complexity index is 968. The molecular formula is C24H27FN2O4. The number of rotatable bonds is 8. The van der Waals surface area contributed by atoms with Crippen LogP contribution in [-0.4, -0.2) is 50.4 Å². The fourth-order valence-electron chi connectivity index (χ4n) is 3.51. The maximum absolute atomic E-state index is 13.5. The van der Waals surface area contributed by atoms with Crippen molar-refractivity contribution in [3.05, 3.63) is 71.0 Å². The van der Waals surface area contributed by atoms with Crippen LogP contribution in [0.2, 0.25) is 0 Å². The fraction of sp³-hybridized carbons (Fsp3) is 0.333. The second-order valence-electron chi connectivity index (χ2n) is 7.85. The molecule has 0 spiro atoms. The van der Waals surface area contributed by atoms with Gasteiger partial charge in [-0.25, -0.2) is 4.39 Å². The highest BCUT2D eigenvalue weighted by Crippen LogP contribution is 2.38. The van der Waals surface area contributed by atoms with E-state index in [0.29, 0.717) is 36.6 Å². The summed E-state index contributed by atoms with van der Waals surface area (Å²) >= 11 is 0. The van der Waals surface area contributed by atoms with Gasteiger partial charge >= 0.3 is 0 Å². The van der Waals surface area contributed by atoms with E-state index in [-0.39, 0.29) is 5.57 Å². The number of carbonyl (C=O) groups excluding carboxylic acids is 2. The van der Waals surface area contributed by atoms with Gasteiger partial charge in [0.1, 0.15) is 11.6 Å². The van der Waals surface area contributed by atoms with Crippen LogP contribution in [-0.2, 0) is 9.59 Å². The number of carbonyl (C=O) groups is 2. The Kier molecular flexibility index (Phi) is 7.07. The van der Waals surface area contributed by atoms with Gasteiger partial charge < -0.3 is 19.6 Å². The Morgan fingerprint density at radius 2 is 1.74 bits per heavy atom. The normalized spacial score (nSPS) is 18.1. The third-order valence-electron chi connectivity index (χ3n) is 5.16. The minimum absolute atomic E-state index is 0.104. The summed E-state index contributed by atoms with van der Waals surface area (Å²) in [6.07, 6.45) is 0.860. The van der Waals surface area contributed by atoms with Gasteiger partial charge in [0, 0.05) is 5.57 Å². The molecule has 0 bridgehead atoms. The van der Waals surface area contributed by atoms with Gasteiger partial charge in [0.05, 0.1) is 39.8 Å². The summed E-state index contributed by atoms with van der Waals surface area (Å²) in [5.74, 6) is -1.82. The molecule has 1 saturated heterocycles. The Balaban J connectivity index is 2.04. The third kappa shape index (κ3) is 4.94. The number of Topliss-reactive ketones (excluding diaryl/α,β-unsaturated/α-hetero) is 1. The molecule has 0 aliphatic carbocycles. The molecule has 6 nitrogen and oxygen atoms in total. The zero-order valence-electron chi connectivity index (χ0n) is 18.0. The molecule has 7 heteroatoms. The number of benzene rings is 2. The molecule has 2 aromatic carbocycles. The zero-order chi connectivity index (χ0) is 22.5. The van der Waals surface area contributed by atoms with Gasteiger partial charge in [-0.3, -0.25) is 9.59 Å². The van der Waals surface area contributed by atoms with E-state index in [1.807, 2.05) is 21.0 Å². The molecule has 1 fully saturated rings. The molecule has 0 radical (unpaired) electrons. The first-order valence-electron chi connectivity index (χ1n) is 10.4. The number of likely N-dealkylation sites (tertiary alicyclic amines) is 1. The average Bonchev–Trinajstić information content (AvgIpc) is 3.01. The van der Waals surface area contributed by atoms with Crippen molar-refractivity contribution in [2.24, 2.45) is 0 Å². The van der Waals surface area contributed by atoms with Crippen LogP contribution < -0.4 is 14.7 Å². The quantitative estimate of drug-likeness (QED) is 0.388. The minimum Gasteiger partial charge on any atom is -0.872 e. The molecule has 1 aliphatic rings. The van der Waals surface area contributed by atoms with Gasteiger partial charge in [0.2, 0.25) is 5.78 Å². The number of ketones is 1. The smallest absolute Gasteiger partial charge is 0.295 e. The van der Waals surface area contributed by atoms with E-state index in [0.717, 1.165) is 11.3 Å². The van der Waals surface area contributed by atoms with Crippen LogP contribution in [0.15, 0.2) is 54.1 Å². The van der Waals surface area contributed by atoms with Crippen LogP contribution in [0.4, 0.5) is 4.39 Å². The average molecular weight is 426 g/mol. The number of quaternary nitrogens is 1. The predicted octanol–water partition coefficient (Wildman–Crippen LogP) is 0.983. The van der Waals surface area contributed by atoms with Gasteiger partial charge in [0.25, 0.3) is 5.91 Å². The largest absolute Gasteiger partial charge is 0.872 e. The lowest BCUT2D eigenvalue weighted by Gasteiger charge is -2.27. The molecule has 164 valence electrons. The maximum atomic E-state index is 13.5. The van der Waals surface area contributed by atoms with Gasteiger partial charge in [-0.15, -0.1) is 0 Å². The van der Waals surface area contributed by atoms with Gasteiger partial charge in [-0.05, 0) is 41.8 Å². The summed E-state index contributed by atoms with van der Waals surface area (Å²) in [5, 5.41) is 13.3. The van der Waals surface area contributed by atoms with Gasteiger partial charge in [-0.1, -0.05) is 36.9 Å². The van der Waals surface area contributed by atoms with Gasteiger partial charge in [-0.2, -0.15) is 0 Å². The Labute approximate surface area is 181 Å². The Morgan fingerprint density at radius 1 is 1.10 bits per heavy atom.